The first-order valence-electron chi connectivity index (χ1n) is 8.88. The molecule has 9 heteroatoms. The van der Waals surface area contributed by atoms with Crippen LogP contribution in [0, 0.1) is 0 Å². The molecule has 6 nitrogen and oxygen atoms in total. The number of anilines is 2. The Morgan fingerprint density at radius 2 is 1.67 bits per heavy atom. The zero-order chi connectivity index (χ0) is 21.1. The van der Waals surface area contributed by atoms with Gasteiger partial charge in [0.15, 0.2) is 4.34 Å². The summed E-state index contributed by atoms with van der Waals surface area (Å²) in [7, 11) is -3.67. The molecular formula is C21H17N3O3S3. The van der Waals surface area contributed by atoms with Gasteiger partial charge in [-0.25, -0.2) is 13.4 Å². The van der Waals surface area contributed by atoms with E-state index >= 15 is 0 Å². The monoisotopic (exact) mass is 455 g/mol. The van der Waals surface area contributed by atoms with Crippen LogP contribution in [0.25, 0.3) is 10.2 Å². The quantitative estimate of drug-likeness (QED) is 0.396. The molecule has 4 aromatic rings. The molecule has 1 amide bonds. The molecule has 0 aliphatic carbocycles. The summed E-state index contributed by atoms with van der Waals surface area (Å²) in [5.41, 5.74) is 2.38. The summed E-state index contributed by atoms with van der Waals surface area (Å²) in [4.78, 5) is 17.2. The van der Waals surface area contributed by atoms with Gasteiger partial charge in [-0.3, -0.25) is 9.52 Å². The molecule has 3 aromatic carbocycles. The number of hydrogen-bond acceptors (Lipinski definition) is 6. The van der Waals surface area contributed by atoms with E-state index in [1.54, 1.807) is 65.6 Å². The fourth-order valence-corrected chi connectivity index (χ4v) is 5.38. The number of aromatic nitrogens is 1. The topological polar surface area (TPSA) is 88.2 Å². The predicted molar refractivity (Wildman–Crippen MR) is 123 cm³/mol. The Morgan fingerprint density at radius 3 is 2.37 bits per heavy atom. The lowest BCUT2D eigenvalue weighted by molar-refractivity contribution is 0.102. The molecule has 0 unspecified atom stereocenters. The number of rotatable bonds is 6. The van der Waals surface area contributed by atoms with Gasteiger partial charge >= 0.3 is 0 Å². The summed E-state index contributed by atoms with van der Waals surface area (Å²) < 4.78 is 29.3. The van der Waals surface area contributed by atoms with Gasteiger partial charge < -0.3 is 5.32 Å². The van der Waals surface area contributed by atoms with Crippen molar-refractivity contribution in [3.63, 3.8) is 0 Å². The number of amides is 1. The Morgan fingerprint density at radius 1 is 0.967 bits per heavy atom. The summed E-state index contributed by atoms with van der Waals surface area (Å²) >= 11 is 3.16. The number of carbonyl (C=O) groups excluding carboxylic acids is 1. The summed E-state index contributed by atoms with van der Waals surface area (Å²) in [6.07, 6.45) is 1.98. The Labute approximate surface area is 182 Å². The van der Waals surface area contributed by atoms with Gasteiger partial charge in [-0.2, -0.15) is 0 Å². The molecule has 0 aliphatic rings. The normalized spacial score (nSPS) is 11.4. The number of thioether (sulfide) groups is 1. The molecule has 0 bridgehead atoms. The SMILES string of the molecule is CSc1nc2ccc(NC(=O)c3ccc(NS(=O)(=O)c4ccccc4)cc3)cc2s1. The molecule has 1 heterocycles. The number of nitrogens with one attached hydrogen (secondary N) is 2. The van der Waals surface area contributed by atoms with Crippen molar-refractivity contribution in [3.8, 4) is 0 Å². The molecule has 0 fully saturated rings. The molecule has 152 valence electrons. The standard InChI is InChI=1S/C21H17N3O3S3/c1-28-21-23-18-12-11-16(13-19(18)29-21)22-20(25)14-7-9-15(10-8-14)24-30(26,27)17-5-3-2-4-6-17/h2-13,24H,1H3,(H,22,25). The maximum absolute atomic E-state index is 12.6. The van der Waals surface area contributed by atoms with Crippen LogP contribution in [0.2, 0.25) is 0 Å². The van der Waals surface area contributed by atoms with Crippen molar-refractivity contribution >= 4 is 60.6 Å². The lowest BCUT2D eigenvalue weighted by atomic mass is 10.2. The van der Waals surface area contributed by atoms with Crippen LogP contribution in [0.3, 0.4) is 0 Å². The minimum Gasteiger partial charge on any atom is -0.322 e. The largest absolute Gasteiger partial charge is 0.322 e. The lowest BCUT2D eigenvalue weighted by Crippen LogP contribution is -2.14. The Kier molecular flexibility index (Phi) is 5.76. The average molecular weight is 456 g/mol. The molecular weight excluding hydrogens is 438 g/mol. The van der Waals surface area contributed by atoms with Gasteiger partial charge in [0.1, 0.15) is 0 Å². The minimum atomic E-state index is -3.67. The highest BCUT2D eigenvalue weighted by molar-refractivity contribution is 8.00. The molecule has 0 atom stereocenters. The Balaban J connectivity index is 1.46. The van der Waals surface area contributed by atoms with Gasteiger partial charge in [0.05, 0.1) is 15.1 Å². The fraction of sp³-hybridized carbons (Fsp3) is 0.0476. The summed E-state index contributed by atoms with van der Waals surface area (Å²) in [6, 6.07) is 20.0. The maximum atomic E-state index is 12.6. The fourth-order valence-electron chi connectivity index (χ4n) is 2.78. The van der Waals surface area contributed by atoms with Crippen LogP contribution < -0.4 is 10.0 Å². The second-order valence-electron chi connectivity index (χ2n) is 6.32. The van der Waals surface area contributed by atoms with Gasteiger partial charge in [0.25, 0.3) is 15.9 Å². The first-order valence-corrected chi connectivity index (χ1v) is 12.4. The van der Waals surface area contributed by atoms with E-state index in [2.05, 4.69) is 15.0 Å². The van der Waals surface area contributed by atoms with Gasteiger partial charge in [-0.05, 0) is 60.9 Å². The molecule has 1 aromatic heterocycles. The molecule has 4 rings (SSSR count). The van der Waals surface area contributed by atoms with Crippen molar-refractivity contribution in [2.75, 3.05) is 16.3 Å². The van der Waals surface area contributed by atoms with E-state index in [0.717, 1.165) is 14.6 Å². The highest BCUT2D eigenvalue weighted by atomic mass is 32.2. The molecule has 0 saturated heterocycles. The van der Waals surface area contributed by atoms with Crippen molar-refractivity contribution in [2.45, 2.75) is 9.24 Å². The van der Waals surface area contributed by atoms with Crippen LogP contribution in [0.4, 0.5) is 11.4 Å². The highest BCUT2D eigenvalue weighted by Crippen LogP contribution is 2.30. The second kappa shape index (κ2) is 8.47. The maximum Gasteiger partial charge on any atom is 0.261 e. The van der Waals surface area contributed by atoms with E-state index in [9.17, 15) is 13.2 Å². The van der Waals surface area contributed by atoms with Crippen LogP contribution in [-0.2, 0) is 10.0 Å². The highest BCUT2D eigenvalue weighted by Gasteiger charge is 2.14. The third kappa shape index (κ3) is 4.48. The first-order chi connectivity index (χ1) is 14.4. The summed E-state index contributed by atoms with van der Waals surface area (Å²) in [5.74, 6) is -0.276. The average Bonchev–Trinajstić information content (AvgIpc) is 3.17. The van der Waals surface area contributed by atoms with E-state index in [0.29, 0.717) is 16.9 Å². The van der Waals surface area contributed by atoms with E-state index in [1.807, 2.05) is 24.5 Å². The first kappa shape index (κ1) is 20.4. The number of sulfonamides is 1. The lowest BCUT2D eigenvalue weighted by Gasteiger charge is -2.09. The van der Waals surface area contributed by atoms with Crippen molar-refractivity contribution in [1.82, 2.24) is 4.98 Å². The molecule has 30 heavy (non-hydrogen) atoms. The van der Waals surface area contributed by atoms with Crippen LogP contribution >= 0.6 is 23.1 Å². The van der Waals surface area contributed by atoms with E-state index in [4.69, 9.17) is 0 Å². The second-order valence-corrected chi connectivity index (χ2v) is 10.1. The van der Waals surface area contributed by atoms with Gasteiger partial charge in [0, 0.05) is 16.9 Å². The summed E-state index contributed by atoms with van der Waals surface area (Å²) in [6.45, 7) is 0. The third-order valence-corrected chi connectivity index (χ3v) is 7.65. The van der Waals surface area contributed by atoms with Gasteiger partial charge in [0.2, 0.25) is 0 Å². The van der Waals surface area contributed by atoms with Crippen LogP contribution in [0.15, 0.2) is 82.0 Å². The number of nitrogens with zero attached hydrogens (tertiary/aromatic N) is 1. The van der Waals surface area contributed by atoms with Crippen LogP contribution in [0.1, 0.15) is 10.4 Å². The van der Waals surface area contributed by atoms with Crippen molar-refractivity contribution in [2.24, 2.45) is 0 Å². The van der Waals surface area contributed by atoms with E-state index < -0.39 is 10.0 Å². The number of hydrogen-bond donors (Lipinski definition) is 2. The number of carbonyl (C=O) groups is 1. The zero-order valence-corrected chi connectivity index (χ0v) is 18.3. The van der Waals surface area contributed by atoms with Crippen LogP contribution in [0.5, 0.6) is 0 Å². The summed E-state index contributed by atoms with van der Waals surface area (Å²) in [5, 5.41) is 2.87. The molecule has 2 N–H and O–H groups in total. The molecule has 0 aliphatic heterocycles. The number of thiazole rings is 1. The van der Waals surface area contributed by atoms with E-state index in [-0.39, 0.29) is 10.8 Å². The smallest absolute Gasteiger partial charge is 0.261 e. The van der Waals surface area contributed by atoms with E-state index in [1.165, 1.54) is 12.1 Å². The molecule has 0 spiro atoms. The van der Waals surface area contributed by atoms with Crippen molar-refractivity contribution in [1.29, 1.82) is 0 Å². The zero-order valence-electron chi connectivity index (χ0n) is 15.8. The Hall–Kier alpha value is -2.88. The van der Waals surface area contributed by atoms with Crippen molar-refractivity contribution in [3.05, 3.63) is 78.4 Å². The van der Waals surface area contributed by atoms with Crippen LogP contribution in [-0.4, -0.2) is 25.6 Å². The predicted octanol–water partition coefficient (Wildman–Crippen LogP) is 5.07. The number of fused-ring (bicyclic) bond motifs is 1. The number of benzene rings is 3. The molecule has 0 saturated carbocycles. The molecule has 0 radical (unpaired) electrons. The van der Waals surface area contributed by atoms with Gasteiger partial charge in [-0.1, -0.05) is 30.0 Å². The van der Waals surface area contributed by atoms with Crippen molar-refractivity contribution < 1.29 is 13.2 Å². The minimum absolute atomic E-state index is 0.176. The third-order valence-electron chi connectivity index (χ3n) is 4.25. The Bertz CT molecular complexity index is 1300. The van der Waals surface area contributed by atoms with Gasteiger partial charge in [-0.15, -0.1) is 11.3 Å².